The lowest BCUT2D eigenvalue weighted by Crippen LogP contribution is -2.55. The maximum Gasteiger partial charge on any atom is 0.408 e. The molecule has 0 spiro atoms. The van der Waals surface area contributed by atoms with Gasteiger partial charge in [-0.2, -0.15) is 0 Å². The number of nitrogens with zero attached hydrogens (tertiary/aromatic N) is 2. The lowest BCUT2D eigenvalue weighted by atomic mass is 10.1. The van der Waals surface area contributed by atoms with Gasteiger partial charge in [0.2, 0.25) is 0 Å². The van der Waals surface area contributed by atoms with Crippen LogP contribution in [0, 0.1) is 0 Å². The normalized spacial score (nSPS) is 16.3. The number of thiophene rings is 1. The average Bonchev–Trinajstić information content (AvgIpc) is 3.23. The number of alkyl carbamates (subject to hydrolysis) is 1. The number of carbonyl (C=O) groups is 2. The van der Waals surface area contributed by atoms with E-state index in [0.717, 1.165) is 37.2 Å². The van der Waals surface area contributed by atoms with Crippen LogP contribution >= 0.6 is 11.3 Å². The Kier molecular flexibility index (Phi) is 7.46. The van der Waals surface area contributed by atoms with Crippen molar-refractivity contribution in [3.63, 3.8) is 0 Å². The number of rotatable bonds is 7. The van der Waals surface area contributed by atoms with E-state index in [1.54, 1.807) is 11.3 Å². The molecule has 1 saturated heterocycles. The summed E-state index contributed by atoms with van der Waals surface area (Å²) in [5.74, 6) is -0.0620. The number of hydrogen-bond acceptors (Lipinski definition) is 5. The zero-order valence-electron chi connectivity index (χ0n) is 16.3. The van der Waals surface area contributed by atoms with Gasteiger partial charge < -0.3 is 10.1 Å². The van der Waals surface area contributed by atoms with Crippen molar-refractivity contribution < 1.29 is 14.3 Å². The van der Waals surface area contributed by atoms with Crippen LogP contribution in [0.25, 0.3) is 0 Å². The number of hydrogen-bond donors (Lipinski definition) is 1. The predicted octanol–water partition coefficient (Wildman–Crippen LogP) is 3.43. The molecule has 2 heterocycles. The van der Waals surface area contributed by atoms with Gasteiger partial charge in [-0.05, 0) is 51.5 Å². The van der Waals surface area contributed by atoms with Crippen molar-refractivity contribution in [3.05, 3.63) is 22.4 Å². The van der Waals surface area contributed by atoms with Gasteiger partial charge in [0.25, 0.3) is 5.91 Å². The fraction of sp³-hybridized carbons (Fsp3) is 0.684. The van der Waals surface area contributed by atoms with Gasteiger partial charge in [0.1, 0.15) is 11.6 Å². The zero-order chi connectivity index (χ0) is 19.2. The third-order valence-corrected chi connectivity index (χ3v) is 4.99. The van der Waals surface area contributed by atoms with Gasteiger partial charge >= 0.3 is 6.09 Å². The Labute approximate surface area is 160 Å². The standard InChI is InChI=1S/C19H31N3O3S/c1-5-10-22(21-11-6-7-12-21)17(23)16(14-15-9-8-13-26-15)20-18(24)25-19(2,3)4/h8-9,13,16H,5-7,10-12,14H2,1-4H3,(H,20,24). The second-order valence-corrected chi connectivity index (χ2v) is 8.64. The molecule has 1 aromatic heterocycles. The second kappa shape index (κ2) is 9.37. The molecule has 0 saturated carbocycles. The highest BCUT2D eigenvalue weighted by Gasteiger charge is 2.32. The van der Waals surface area contributed by atoms with Crippen LogP contribution in [0.5, 0.6) is 0 Å². The summed E-state index contributed by atoms with van der Waals surface area (Å²) >= 11 is 1.59. The fourth-order valence-corrected chi connectivity index (χ4v) is 3.76. The SMILES string of the molecule is CCCN(C(=O)C(Cc1cccs1)NC(=O)OC(C)(C)C)N1CCCC1. The molecule has 26 heavy (non-hydrogen) atoms. The van der Waals surface area contributed by atoms with E-state index in [1.165, 1.54) is 0 Å². The van der Waals surface area contributed by atoms with E-state index >= 15 is 0 Å². The molecule has 0 radical (unpaired) electrons. The first-order valence-corrected chi connectivity index (χ1v) is 10.3. The lowest BCUT2D eigenvalue weighted by molar-refractivity contribution is -0.149. The lowest BCUT2D eigenvalue weighted by Gasteiger charge is -2.34. The Hall–Kier alpha value is -1.60. The van der Waals surface area contributed by atoms with Crippen molar-refractivity contribution in [2.45, 2.75) is 65.0 Å². The summed E-state index contributed by atoms with van der Waals surface area (Å²) in [5, 5.41) is 8.72. The van der Waals surface area contributed by atoms with E-state index in [0.29, 0.717) is 13.0 Å². The van der Waals surface area contributed by atoms with Crippen LogP contribution in [0.2, 0.25) is 0 Å². The number of nitrogens with one attached hydrogen (secondary N) is 1. The molecule has 0 aliphatic carbocycles. The summed E-state index contributed by atoms with van der Waals surface area (Å²) < 4.78 is 5.37. The van der Waals surface area contributed by atoms with Crippen molar-refractivity contribution >= 4 is 23.3 Å². The summed E-state index contributed by atoms with van der Waals surface area (Å²) in [7, 11) is 0. The third kappa shape index (κ3) is 6.29. The predicted molar refractivity (Wildman–Crippen MR) is 104 cm³/mol. The molecule has 1 aliphatic rings. The maximum atomic E-state index is 13.3. The molecule has 0 aromatic carbocycles. The highest BCUT2D eigenvalue weighted by atomic mass is 32.1. The average molecular weight is 382 g/mol. The maximum absolute atomic E-state index is 13.3. The fourth-order valence-electron chi connectivity index (χ4n) is 3.00. The monoisotopic (exact) mass is 381 g/mol. The Balaban J connectivity index is 2.14. The minimum absolute atomic E-state index is 0.0620. The molecule has 6 nitrogen and oxygen atoms in total. The largest absolute Gasteiger partial charge is 0.444 e. The number of ether oxygens (including phenoxy) is 1. The minimum Gasteiger partial charge on any atom is -0.444 e. The van der Waals surface area contributed by atoms with Crippen molar-refractivity contribution in [2.75, 3.05) is 19.6 Å². The summed E-state index contributed by atoms with van der Waals surface area (Å²) in [6.45, 7) is 9.96. The molecule has 1 aliphatic heterocycles. The molecule has 0 bridgehead atoms. The summed E-state index contributed by atoms with van der Waals surface area (Å²) in [6.07, 6.45) is 3.00. The molecule has 7 heteroatoms. The summed E-state index contributed by atoms with van der Waals surface area (Å²) in [6, 6.07) is 3.32. The van der Waals surface area contributed by atoms with Crippen LogP contribution in [-0.4, -0.2) is 53.3 Å². The topological polar surface area (TPSA) is 61.9 Å². The molecule has 1 N–H and O–H groups in total. The quantitative estimate of drug-likeness (QED) is 0.786. The molecule has 2 amide bonds. The highest BCUT2D eigenvalue weighted by molar-refractivity contribution is 7.09. The van der Waals surface area contributed by atoms with Crippen LogP contribution in [0.4, 0.5) is 4.79 Å². The Morgan fingerprint density at radius 3 is 2.58 bits per heavy atom. The van der Waals surface area contributed by atoms with E-state index in [2.05, 4.69) is 17.2 Å². The molecular formula is C19H31N3O3S. The van der Waals surface area contributed by atoms with Crippen LogP contribution in [0.15, 0.2) is 17.5 Å². The molecular weight excluding hydrogens is 350 g/mol. The summed E-state index contributed by atoms with van der Waals surface area (Å²) in [4.78, 5) is 26.6. The Morgan fingerprint density at radius 2 is 2.04 bits per heavy atom. The van der Waals surface area contributed by atoms with Gasteiger partial charge in [-0.3, -0.25) is 9.80 Å². The summed E-state index contributed by atoms with van der Waals surface area (Å²) in [5.41, 5.74) is -0.599. The van der Waals surface area contributed by atoms with Gasteiger partial charge in [0.15, 0.2) is 0 Å². The van der Waals surface area contributed by atoms with Crippen molar-refractivity contribution in [3.8, 4) is 0 Å². The third-order valence-electron chi connectivity index (χ3n) is 4.09. The van der Waals surface area contributed by atoms with Gasteiger partial charge in [0.05, 0.1) is 0 Å². The van der Waals surface area contributed by atoms with Gasteiger partial charge in [0, 0.05) is 30.9 Å². The second-order valence-electron chi connectivity index (χ2n) is 7.60. The van der Waals surface area contributed by atoms with Crippen LogP contribution in [0.1, 0.15) is 51.8 Å². The number of amides is 2. The Morgan fingerprint density at radius 1 is 1.35 bits per heavy atom. The molecule has 2 rings (SSSR count). The van der Waals surface area contributed by atoms with E-state index in [9.17, 15) is 9.59 Å². The number of hydrazine groups is 1. The van der Waals surface area contributed by atoms with Gasteiger partial charge in [-0.15, -0.1) is 11.3 Å². The molecule has 1 aromatic rings. The first kappa shape index (κ1) is 20.7. The van der Waals surface area contributed by atoms with Crippen molar-refractivity contribution in [2.24, 2.45) is 0 Å². The van der Waals surface area contributed by atoms with E-state index in [1.807, 2.05) is 43.3 Å². The van der Waals surface area contributed by atoms with Crippen LogP contribution in [0.3, 0.4) is 0 Å². The van der Waals surface area contributed by atoms with Gasteiger partial charge in [-0.25, -0.2) is 9.80 Å². The molecule has 1 fully saturated rings. The molecule has 1 unspecified atom stereocenters. The number of carbonyl (C=O) groups excluding carboxylic acids is 2. The van der Waals surface area contributed by atoms with Crippen LogP contribution in [-0.2, 0) is 16.0 Å². The van der Waals surface area contributed by atoms with Crippen LogP contribution < -0.4 is 5.32 Å². The van der Waals surface area contributed by atoms with E-state index in [4.69, 9.17) is 4.74 Å². The van der Waals surface area contributed by atoms with Gasteiger partial charge in [-0.1, -0.05) is 13.0 Å². The zero-order valence-corrected chi connectivity index (χ0v) is 17.1. The first-order valence-electron chi connectivity index (χ1n) is 9.38. The van der Waals surface area contributed by atoms with Crippen molar-refractivity contribution in [1.29, 1.82) is 0 Å². The van der Waals surface area contributed by atoms with E-state index < -0.39 is 17.7 Å². The Bertz CT molecular complexity index is 577. The van der Waals surface area contributed by atoms with E-state index in [-0.39, 0.29) is 5.91 Å². The smallest absolute Gasteiger partial charge is 0.408 e. The highest BCUT2D eigenvalue weighted by Crippen LogP contribution is 2.17. The first-order chi connectivity index (χ1) is 12.3. The molecule has 146 valence electrons. The molecule has 1 atom stereocenters. The van der Waals surface area contributed by atoms with Crippen molar-refractivity contribution in [1.82, 2.24) is 15.3 Å². The minimum atomic E-state index is -0.629.